The van der Waals surface area contributed by atoms with Gasteiger partial charge in [-0.05, 0) is 36.6 Å². The fourth-order valence-electron chi connectivity index (χ4n) is 3.93. The van der Waals surface area contributed by atoms with Crippen LogP contribution in [0.5, 0.6) is 11.5 Å². The Morgan fingerprint density at radius 3 is 2.55 bits per heavy atom. The average Bonchev–Trinajstić information content (AvgIpc) is 3.26. The molecule has 0 spiro atoms. The third-order valence-electron chi connectivity index (χ3n) is 5.72. The van der Waals surface area contributed by atoms with Crippen molar-refractivity contribution < 1.29 is 14.3 Å². The molecular formula is C23H28N4O3S. The van der Waals surface area contributed by atoms with Crippen LogP contribution in [0.3, 0.4) is 0 Å². The minimum Gasteiger partial charge on any atom is -0.493 e. The molecule has 0 saturated carbocycles. The average molecular weight is 441 g/mol. The van der Waals surface area contributed by atoms with Crippen molar-refractivity contribution >= 4 is 33.3 Å². The molecule has 0 unspecified atom stereocenters. The second-order valence-electron chi connectivity index (χ2n) is 7.54. The molecule has 1 saturated heterocycles. The van der Waals surface area contributed by atoms with Crippen LogP contribution in [0, 0.1) is 0 Å². The van der Waals surface area contributed by atoms with Gasteiger partial charge in [0.05, 0.1) is 19.6 Å². The lowest BCUT2D eigenvalue weighted by Crippen LogP contribution is -2.49. The van der Waals surface area contributed by atoms with Gasteiger partial charge in [-0.3, -0.25) is 4.79 Å². The second-order valence-corrected chi connectivity index (χ2v) is 8.65. The standard InChI is InChI=1S/C23H28N4O3S/c1-4-17-14-18-22(24-15-25-23(18)31-17)27-11-9-26(10-12-27)21(28)8-6-16-5-7-19(29-2)20(13-16)30-3/h5,7,13-15H,4,6,8-12H2,1-3H3. The Hall–Kier alpha value is -2.87. The summed E-state index contributed by atoms with van der Waals surface area (Å²) in [5.74, 6) is 2.56. The molecule has 0 N–H and O–H groups in total. The first kappa shape index (κ1) is 21.4. The highest BCUT2D eigenvalue weighted by Crippen LogP contribution is 2.31. The summed E-state index contributed by atoms with van der Waals surface area (Å²) in [5, 5.41) is 1.12. The van der Waals surface area contributed by atoms with Crippen molar-refractivity contribution in [3.8, 4) is 11.5 Å². The number of carbonyl (C=O) groups excluding carboxylic acids is 1. The van der Waals surface area contributed by atoms with Crippen LogP contribution in [-0.2, 0) is 17.6 Å². The van der Waals surface area contributed by atoms with E-state index in [0.717, 1.165) is 41.1 Å². The van der Waals surface area contributed by atoms with Crippen LogP contribution in [0.1, 0.15) is 23.8 Å². The highest BCUT2D eigenvalue weighted by Gasteiger charge is 2.23. The SMILES string of the molecule is CCc1cc2c(N3CCN(C(=O)CCc4ccc(OC)c(OC)c4)CC3)ncnc2s1. The molecule has 1 aromatic carbocycles. The number of hydrogen-bond acceptors (Lipinski definition) is 7. The Balaban J connectivity index is 1.35. The Morgan fingerprint density at radius 2 is 1.84 bits per heavy atom. The Bertz CT molecular complexity index is 1060. The molecule has 1 amide bonds. The highest BCUT2D eigenvalue weighted by atomic mass is 32.1. The summed E-state index contributed by atoms with van der Waals surface area (Å²) in [4.78, 5) is 28.3. The van der Waals surface area contributed by atoms with Crippen LogP contribution in [0.25, 0.3) is 10.2 Å². The smallest absolute Gasteiger partial charge is 0.223 e. The van der Waals surface area contributed by atoms with Crippen LogP contribution in [0.2, 0.25) is 0 Å². The lowest BCUT2D eigenvalue weighted by molar-refractivity contribution is -0.131. The normalized spacial score (nSPS) is 14.2. The zero-order valence-corrected chi connectivity index (χ0v) is 19.1. The Kier molecular flexibility index (Phi) is 6.56. The molecule has 8 heteroatoms. The van der Waals surface area contributed by atoms with E-state index in [4.69, 9.17) is 9.47 Å². The van der Waals surface area contributed by atoms with E-state index in [0.29, 0.717) is 37.4 Å². The number of fused-ring (bicyclic) bond motifs is 1. The van der Waals surface area contributed by atoms with E-state index >= 15 is 0 Å². The molecular weight excluding hydrogens is 412 g/mol. The summed E-state index contributed by atoms with van der Waals surface area (Å²) in [5.41, 5.74) is 1.07. The quantitative estimate of drug-likeness (QED) is 0.560. The van der Waals surface area contributed by atoms with Crippen molar-refractivity contribution in [1.29, 1.82) is 0 Å². The lowest BCUT2D eigenvalue weighted by atomic mass is 10.1. The number of ether oxygens (including phenoxy) is 2. The maximum Gasteiger partial charge on any atom is 0.223 e. The first-order chi connectivity index (χ1) is 15.1. The molecule has 3 aromatic rings. The number of methoxy groups -OCH3 is 2. The molecule has 1 aliphatic rings. The molecule has 0 radical (unpaired) electrons. The molecule has 7 nitrogen and oxygen atoms in total. The van der Waals surface area contributed by atoms with Gasteiger partial charge < -0.3 is 19.3 Å². The highest BCUT2D eigenvalue weighted by molar-refractivity contribution is 7.18. The van der Waals surface area contributed by atoms with Gasteiger partial charge in [-0.1, -0.05) is 13.0 Å². The summed E-state index contributed by atoms with van der Waals surface area (Å²) < 4.78 is 10.6. The van der Waals surface area contributed by atoms with Crippen molar-refractivity contribution in [3.63, 3.8) is 0 Å². The first-order valence-electron chi connectivity index (χ1n) is 10.6. The topological polar surface area (TPSA) is 67.8 Å². The number of aryl methyl sites for hydroxylation is 2. The molecule has 4 rings (SSSR count). The predicted octanol–water partition coefficient (Wildman–Crippen LogP) is 3.55. The number of rotatable bonds is 7. The summed E-state index contributed by atoms with van der Waals surface area (Å²) in [6.07, 6.45) is 3.81. The van der Waals surface area contributed by atoms with Crippen molar-refractivity contribution in [2.75, 3.05) is 45.3 Å². The second kappa shape index (κ2) is 9.51. The first-order valence-corrected chi connectivity index (χ1v) is 11.4. The molecule has 0 bridgehead atoms. The number of anilines is 1. The van der Waals surface area contributed by atoms with E-state index in [1.807, 2.05) is 23.1 Å². The number of hydrogen-bond donors (Lipinski definition) is 0. The van der Waals surface area contributed by atoms with Crippen molar-refractivity contribution in [3.05, 3.63) is 41.0 Å². The number of benzene rings is 1. The number of carbonyl (C=O) groups is 1. The Labute approximate surface area is 186 Å². The third-order valence-corrected chi connectivity index (χ3v) is 6.90. The van der Waals surface area contributed by atoms with Gasteiger partial charge in [-0.15, -0.1) is 11.3 Å². The summed E-state index contributed by atoms with van der Waals surface area (Å²) in [7, 11) is 3.24. The molecule has 1 aliphatic heterocycles. The van der Waals surface area contributed by atoms with Crippen LogP contribution >= 0.6 is 11.3 Å². The van der Waals surface area contributed by atoms with E-state index in [9.17, 15) is 4.79 Å². The van der Waals surface area contributed by atoms with E-state index in [2.05, 4.69) is 27.9 Å². The van der Waals surface area contributed by atoms with Crippen molar-refractivity contribution in [2.45, 2.75) is 26.2 Å². The van der Waals surface area contributed by atoms with Crippen LogP contribution in [-0.4, -0.2) is 61.2 Å². The minimum absolute atomic E-state index is 0.186. The maximum atomic E-state index is 12.8. The summed E-state index contributed by atoms with van der Waals surface area (Å²) in [6.45, 7) is 5.14. The van der Waals surface area contributed by atoms with Gasteiger partial charge in [-0.2, -0.15) is 0 Å². The lowest BCUT2D eigenvalue weighted by Gasteiger charge is -2.35. The largest absolute Gasteiger partial charge is 0.493 e. The van der Waals surface area contributed by atoms with Crippen LogP contribution < -0.4 is 14.4 Å². The van der Waals surface area contributed by atoms with Crippen LogP contribution in [0.4, 0.5) is 5.82 Å². The molecule has 31 heavy (non-hydrogen) atoms. The molecule has 0 atom stereocenters. The predicted molar refractivity (Wildman–Crippen MR) is 123 cm³/mol. The number of amides is 1. The van der Waals surface area contributed by atoms with Crippen molar-refractivity contribution in [1.82, 2.24) is 14.9 Å². The fraction of sp³-hybridized carbons (Fsp3) is 0.435. The van der Waals surface area contributed by atoms with Crippen LogP contribution in [0.15, 0.2) is 30.6 Å². The van der Waals surface area contributed by atoms with Gasteiger partial charge in [0.15, 0.2) is 11.5 Å². The van der Waals surface area contributed by atoms with Gasteiger partial charge in [0.25, 0.3) is 0 Å². The molecule has 164 valence electrons. The zero-order valence-electron chi connectivity index (χ0n) is 18.3. The number of nitrogens with zero attached hydrogens (tertiary/aromatic N) is 4. The third kappa shape index (κ3) is 4.58. The zero-order chi connectivity index (χ0) is 21.8. The molecule has 1 fully saturated rings. The van der Waals surface area contributed by atoms with Gasteiger partial charge in [0.2, 0.25) is 5.91 Å². The maximum absolute atomic E-state index is 12.8. The van der Waals surface area contributed by atoms with Gasteiger partial charge in [0.1, 0.15) is 17.0 Å². The van der Waals surface area contributed by atoms with E-state index in [1.54, 1.807) is 31.9 Å². The fourth-order valence-corrected chi connectivity index (χ4v) is 4.86. The Morgan fingerprint density at radius 1 is 1.06 bits per heavy atom. The van der Waals surface area contributed by atoms with Gasteiger partial charge >= 0.3 is 0 Å². The number of aromatic nitrogens is 2. The van der Waals surface area contributed by atoms with Crippen molar-refractivity contribution in [2.24, 2.45) is 0 Å². The molecule has 3 heterocycles. The monoisotopic (exact) mass is 440 g/mol. The van der Waals surface area contributed by atoms with E-state index in [-0.39, 0.29) is 5.91 Å². The van der Waals surface area contributed by atoms with Gasteiger partial charge in [-0.25, -0.2) is 9.97 Å². The molecule has 0 aliphatic carbocycles. The summed E-state index contributed by atoms with van der Waals surface area (Å²) >= 11 is 1.73. The van der Waals surface area contributed by atoms with E-state index in [1.165, 1.54) is 4.88 Å². The number of thiophene rings is 1. The minimum atomic E-state index is 0.186. The number of piperazine rings is 1. The van der Waals surface area contributed by atoms with E-state index < -0.39 is 0 Å². The van der Waals surface area contributed by atoms with Gasteiger partial charge in [0, 0.05) is 37.5 Å². The summed E-state index contributed by atoms with van der Waals surface area (Å²) in [6, 6.07) is 8.01. The molecule has 2 aromatic heterocycles.